The standard InChI is InChI=1S/C25H31N3O3S2/c1-19-4-7-21(8-5-19)32-17-10-24(29)28(12-3-11-27-13-15-31-16-14-27)25-26-22-18-20(30-2)6-9-23(22)33-25/h4-9,18H,3,10-17H2,1-2H3. The third-order valence-electron chi connectivity index (χ3n) is 5.68. The molecule has 0 atom stereocenters. The van der Waals surface area contributed by atoms with Gasteiger partial charge in [-0.2, -0.15) is 0 Å². The predicted octanol–water partition coefficient (Wildman–Crippen LogP) is 4.85. The van der Waals surface area contributed by atoms with E-state index >= 15 is 0 Å². The summed E-state index contributed by atoms with van der Waals surface area (Å²) in [6.45, 7) is 7.22. The van der Waals surface area contributed by atoms with Gasteiger partial charge in [0.15, 0.2) is 5.13 Å². The summed E-state index contributed by atoms with van der Waals surface area (Å²) in [6, 6.07) is 14.3. The lowest BCUT2D eigenvalue weighted by molar-refractivity contribution is -0.118. The SMILES string of the molecule is COc1ccc2sc(N(CCCN3CCOCC3)C(=O)CCSc3ccc(C)cc3)nc2c1. The van der Waals surface area contributed by atoms with Crippen LogP contribution in [0.3, 0.4) is 0 Å². The quantitative estimate of drug-likeness (QED) is 0.383. The van der Waals surface area contributed by atoms with Crippen LogP contribution < -0.4 is 9.64 Å². The Morgan fingerprint density at radius 3 is 2.76 bits per heavy atom. The van der Waals surface area contributed by atoms with Gasteiger partial charge < -0.3 is 9.47 Å². The summed E-state index contributed by atoms with van der Waals surface area (Å²) < 4.78 is 11.8. The molecule has 33 heavy (non-hydrogen) atoms. The van der Waals surface area contributed by atoms with Crippen LogP contribution in [0.25, 0.3) is 10.2 Å². The van der Waals surface area contributed by atoms with Crippen molar-refractivity contribution >= 4 is 44.4 Å². The topological polar surface area (TPSA) is 54.9 Å². The minimum absolute atomic E-state index is 0.127. The number of thioether (sulfide) groups is 1. The fourth-order valence-corrected chi connectivity index (χ4v) is 5.60. The summed E-state index contributed by atoms with van der Waals surface area (Å²) in [5.74, 6) is 1.65. The molecular formula is C25H31N3O3S2. The highest BCUT2D eigenvalue weighted by molar-refractivity contribution is 7.99. The second-order valence-electron chi connectivity index (χ2n) is 8.09. The Hall–Kier alpha value is -2.13. The van der Waals surface area contributed by atoms with E-state index in [9.17, 15) is 4.79 Å². The summed E-state index contributed by atoms with van der Waals surface area (Å²) in [5, 5.41) is 0.769. The van der Waals surface area contributed by atoms with Crippen LogP contribution in [0.1, 0.15) is 18.4 Å². The van der Waals surface area contributed by atoms with Crippen LogP contribution in [0.4, 0.5) is 5.13 Å². The van der Waals surface area contributed by atoms with Gasteiger partial charge in [0.1, 0.15) is 5.75 Å². The Kier molecular flexibility index (Phi) is 8.61. The molecule has 2 heterocycles. The molecular weight excluding hydrogens is 454 g/mol. The molecule has 1 saturated heterocycles. The van der Waals surface area contributed by atoms with E-state index in [0.717, 1.165) is 66.1 Å². The van der Waals surface area contributed by atoms with Crippen molar-refractivity contribution in [1.29, 1.82) is 0 Å². The summed E-state index contributed by atoms with van der Waals surface area (Å²) in [6.07, 6.45) is 1.39. The van der Waals surface area contributed by atoms with E-state index in [1.807, 2.05) is 23.1 Å². The van der Waals surface area contributed by atoms with Crippen molar-refractivity contribution in [3.63, 3.8) is 0 Å². The number of methoxy groups -OCH3 is 1. The minimum atomic E-state index is 0.127. The smallest absolute Gasteiger partial charge is 0.229 e. The Bertz CT molecular complexity index is 1050. The highest BCUT2D eigenvalue weighted by Crippen LogP contribution is 2.32. The second-order valence-corrected chi connectivity index (χ2v) is 10.3. The van der Waals surface area contributed by atoms with E-state index in [1.54, 1.807) is 30.2 Å². The first kappa shape index (κ1) is 24.0. The van der Waals surface area contributed by atoms with Gasteiger partial charge in [-0.25, -0.2) is 4.98 Å². The van der Waals surface area contributed by atoms with E-state index in [4.69, 9.17) is 14.5 Å². The maximum absolute atomic E-state index is 13.3. The first-order valence-electron chi connectivity index (χ1n) is 11.4. The number of amides is 1. The first-order valence-corrected chi connectivity index (χ1v) is 13.2. The molecule has 0 bridgehead atoms. The van der Waals surface area contributed by atoms with Gasteiger partial charge in [0.2, 0.25) is 5.91 Å². The molecule has 1 aliphatic heterocycles. The summed E-state index contributed by atoms with van der Waals surface area (Å²) >= 11 is 3.29. The molecule has 0 aliphatic carbocycles. The highest BCUT2D eigenvalue weighted by Gasteiger charge is 2.20. The molecule has 0 N–H and O–H groups in total. The molecule has 0 saturated carbocycles. The average Bonchev–Trinajstić information content (AvgIpc) is 3.26. The van der Waals surface area contributed by atoms with Crippen LogP contribution in [0, 0.1) is 6.92 Å². The van der Waals surface area contributed by atoms with E-state index in [0.29, 0.717) is 13.0 Å². The number of anilines is 1. The number of hydrogen-bond acceptors (Lipinski definition) is 7. The number of aromatic nitrogens is 1. The zero-order chi connectivity index (χ0) is 23.0. The normalized spacial score (nSPS) is 14.5. The average molecular weight is 486 g/mol. The van der Waals surface area contributed by atoms with Crippen molar-refractivity contribution in [3.8, 4) is 5.75 Å². The van der Waals surface area contributed by atoms with Gasteiger partial charge >= 0.3 is 0 Å². The van der Waals surface area contributed by atoms with Crippen LogP contribution >= 0.6 is 23.1 Å². The van der Waals surface area contributed by atoms with Gasteiger partial charge in [-0.1, -0.05) is 29.0 Å². The zero-order valence-electron chi connectivity index (χ0n) is 19.3. The third-order valence-corrected chi connectivity index (χ3v) is 7.75. The number of aryl methyl sites for hydroxylation is 1. The minimum Gasteiger partial charge on any atom is -0.497 e. The molecule has 176 valence electrons. The summed E-state index contributed by atoms with van der Waals surface area (Å²) in [4.78, 5) is 23.6. The highest BCUT2D eigenvalue weighted by atomic mass is 32.2. The molecule has 4 rings (SSSR count). The monoisotopic (exact) mass is 485 g/mol. The summed E-state index contributed by atoms with van der Waals surface area (Å²) in [5.41, 5.74) is 2.11. The van der Waals surface area contributed by atoms with Crippen molar-refractivity contribution in [3.05, 3.63) is 48.0 Å². The molecule has 1 fully saturated rings. The molecule has 1 aliphatic rings. The number of thiazole rings is 1. The van der Waals surface area contributed by atoms with Crippen LogP contribution in [-0.2, 0) is 9.53 Å². The van der Waals surface area contributed by atoms with Gasteiger partial charge in [0, 0.05) is 49.3 Å². The Labute approximate surface area is 203 Å². The van der Waals surface area contributed by atoms with Gasteiger partial charge in [-0.15, -0.1) is 11.8 Å². The van der Waals surface area contributed by atoms with Crippen molar-refractivity contribution in [1.82, 2.24) is 9.88 Å². The van der Waals surface area contributed by atoms with Gasteiger partial charge in [-0.3, -0.25) is 14.6 Å². The Morgan fingerprint density at radius 2 is 2.00 bits per heavy atom. The van der Waals surface area contributed by atoms with Crippen LogP contribution in [0.15, 0.2) is 47.4 Å². The number of ether oxygens (including phenoxy) is 2. The largest absolute Gasteiger partial charge is 0.497 e. The maximum Gasteiger partial charge on any atom is 0.229 e. The first-order chi connectivity index (χ1) is 16.1. The van der Waals surface area contributed by atoms with Gasteiger partial charge in [0.05, 0.1) is 30.5 Å². The third kappa shape index (κ3) is 6.69. The number of fused-ring (bicyclic) bond motifs is 1. The molecule has 1 amide bonds. The molecule has 2 aromatic carbocycles. The molecule has 8 heteroatoms. The molecule has 0 radical (unpaired) electrons. The number of hydrogen-bond donors (Lipinski definition) is 0. The lowest BCUT2D eigenvalue weighted by Gasteiger charge is -2.27. The van der Waals surface area contributed by atoms with Gasteiger partial charge in [-0.05, 0) is 37.6 Å². The number of morpholine rings is 1. The zero-order valence-corrected chi connectivity index (χ0v) is 20.9. The molecule has 1 aromatic heterocycles. The van der Waals surface area contributed by atoms with E-state index < -0.39 is 0 Å². The number of carbonyl (C=O) groups is 1. The van der Waals surface area contributed by atoms with Crippen molar-refractivity contribution < 1.29 is 14.3 Å². The fraction of sp³-hybridized carbons (Fsp3) is 0.440. The number of nitrogens with zero attached hydrogens (tertiary/aromatic N) is 3. The molecule has 0 unspecified atom stereocenters. The molecule has 0 spiro atoms. The Balaban J connectivity index is 1.42. The van der Waals surface area contributed by atoms with Crippen molar-refractivity contribution in [2.24, 2.45) is 0 Å². The Morgan fingerprint density at radius 1 is 1.21 bits per heavy atom. The van der Waals surface area contributed by atoms with Crippen molar-refractivity contribution in [2.75, 3.05) is 57.2 Å². The number of benzene rings is 2. The van der Waals surface area contributed by atoms with Crippen LogP contribution in [-0.4, -0.2) is 68.0 Å². The maximum atomic E-state index is 13.3. The lowest BCUT2D eigenvalue weighted by Crippen LogP contribution is -2.39. The van der Waals surface area contributed by atoms with E-state index in [1.165, 1.54) is 10.5 Å². The molecule has 6 nitrogen and oxygen atoms in total. The fourth-order valence-electron chi connectivity index (χ4n) is 3.77. The molecule has 3 aromatic rings. The van der Waals surface area contributed by atoms with E-state index in [-0.39, 0.29) is 5.91 Å². The summed E-state index contributed by atoms with van der Waals surface area (Å²) in [7, 11) is 1.65. The van der Waals surface area contributed by atoms with Gasteiger partial charge in [0.25, 0.3) is 0 Å². The number of rotatable bonds is 10. The predicted molar refractivity (Wildman–Crippen MR) is 137 cm³/mol. The lowest BCUT2D eigenvalue weighted by atomic mass is 10.2. The van der Waals surface area contributed by atoms with E-state index in [2.05, 4.69) is 36.1 Å². The van der Waals surface area contributed by atoms with Crippen LogP contribution in [0.5, 0.6) is 5.75 Å². The van der Waals surface area contributed by atoms with Crippen molar-refractivity contribution in [2.45, 2.75) is 24.7 Å². The second kappa shape index (κ2) is 11.8. The van der Waals surface area contributed by atoms with Crippen LogP contribution in [0.2, 0.25) is 0 Å². The number of carbonyl (C=O) groups excluding carboxylic acids is 1.